The Morgan fingerprint density at radius 1 is 1.08 bits per heavy atom. The summed E-state index contributed by atoms with van der Waals surface area (Å²) in [7, 11) is 0. The summed E-state index contributed by atoms with van der Waals surface area (Å²) >= 11 is 0. The summed E-state index contributed by atoms with van der Waals surface area (Å²) in [6, 6.07) is 16.4. The lowest BCUT2D eigenvalue weighted by Crippen LogP contribution is -2.20. The summed E-state index contributed by atoms with van der Waals surface area (Å²) in [6.07, 6.45) is 4.34. The van der Waals surface area contributed by atoms with E-state index in [1.165, 1.54) is 41.4 Å². The lowest BCUT2D eigenvalue weighted by atomic mass is 10.2. The molecule has 6 heteroatoms. The van der Waals surface area contributed by atoms with Crippen molar-refractivity contribution in [2.75, 3.05) is 0 Å². The van der Waals surface area contributed by atoms with E-state index in [1.807, 2.05) is 30.3 Å². The topological polar surface area (TPSA) is 73.3 Å². The van der Waals surface area contributed by atoms with Crippen molar-refractivity contribution in [3.8, 4) is 5.69 Å². The number of halogens is 1. The first-order chi connectivity index (χ1) is 12.2. The number of para-hydroxylation sites is 1. The molecule has 0 unspecified atom stereocenters. The number of aliphatic imine (C=N–C) groups is 1. The SMILES string of the molecule is NC=CC(=Nc1ccccc1)c1nn(-c2ccc(F)cc2)ccc1=O. The molecule has 1 aromatic heterocycles. The Morgan fingerprint density at radius 2 is 1.80 bits per heavy atom. The molecule has 3 aromatic rings. The first-order valence-electron chi connectivity index (χ1n) is 7.56. The van der Waals surface area contributed by atoms with Crippen molar-refractivity contribution in [3.63, 3.8) is 0 Å². The van der Waals surface area contributed by atoms with Crippen LogP contribution in [0, 0.1) is 5.82 Å². The molecule has 0 radical (unpaired) electrons. The highest BCUT2D eigenvalue weighted by Crippen LogP contribution is 2.12. The Kier molecular flexibility index (Phi) is 4.80. The Balaban J connectivity index is 2.10. The summed E-state index contributed by atoms with van der Waals surface area (Å²) in [4.78, 5) is 16.7. The van der Waals surface area contributed by atoms with Gasteiger partial charge in [0.25, 0.3) is 0 Å². The fraction of sp³-hybridized carbons (Fsp3) is 0. The van der Waals surface area contributed by atoms with Crippen LogP contribution >= 0.6 is 0 Å². The maximum absolute atomic E-state index is 13.1. The van der Waals surface area contributed by atoms with E-state index >= 15 is 0 Å². The lowest BCUT2D eigenvalue weighted by Gasteiger charge is -2.07. The Bertz CT molecular complexity index is 976. The van der Waals surface area contributed by atoms with Crippen molar-refractivity contribution < 1.29 is 4.39 Å². The first kappa shape index (κ1) is 16.3. The molecule has 0 bridgehead atoms. The minimum atomic E-state index is -0.345. The number of allylic oxidation sites excluding steroid dienone is 1. The molecule has 0 aliphatic carbocycles. The van der Waals surface area contributed by atoms with E-state index in [0.717, 1.165) is 0 Å². The molecule has 2 aromatic carbocycles. The lowest BCUT2D eigenvalue weighted by molar-refractivity contribution is 0.627. The minimum Gasteiger partial charge on any atom is -0.405 e. The largest absolute Gasteiger partial charge is 0.405 e. The van der Waals surface area contributed by atoms with Crippen molar-refractivity contribution in [2.24, 2.45) is 10.7 Å². The molecule has 3 rings (SSSR count). The molecule has 0 saturated heterocycles. The van der Waals surface area contributed by atoms with Crippen LogP contribution in [0.25, 0.3) is 5.69 Å². The Morgan fingerprint density at radius 3 is 2.48 bits per heavy atom. The van der Waals surface area contributed by atoms with Crippen LogP contribution in [0.3, 0.4) is 0 Å². The number of nitrogens with zero attached hydrogens (tertiary/aromatic N) is 3. The van der Waals surface area contributed by atoms with Gasteiger partial charge in [0.05, 0.1) is 17.1 Å². The third-order valence-corrected chi connectivity index (χ3v) is 3.40. The third-order valence-electron chi connectivity index (χ3n) is 3.40. The predicted octanol–water partition coefficient (Wildman–Crippen LogP) is 2.96. The third kappa shape index (κ3) is 3.87. The van der Waals surface area contributed by atoms with Crippen molar-refractivity contribution in [1.82, 2.24) is 9.78 Å². The first-order valence-corrected chi connectivity index (χ1v) is 7.56. The van der Waals surface area contributed by atoms with Crippen molar-refractivity contribution in [2.45, 2.75) is 0 Å². The van der Waals surface area contributed by atoms with E-state index in [9.17, 15) is 9.18 Å². The summed E-state index contributed by atoms with van der Waals surface area (Å²) < 4.78 is 14.6. The summed E-state index contributed by atoms with van der Waals surface area (Å²) in [5.41, 5.74) is 7.00. The number of aromatic nitrogens is 2. The molecule has 25 heavy (non-hydrogen) atoms. The van der Waals surface area contributed by atoms with Gasteiger partial charge in [0, 0.05) is 12.3 Å². The fourth-order valence-electron chi connectivity index (χ4n) is 2.22. The van der Waals surface area contributed by atoms with Gasteiger partial charge in [-0.15, -0.1) is 0 Å². The normalized spacial score (nSPS) is 11.8. The average molecular weight is 334 g/mol. The van der Waals surface area contributed by atoms with E-state index in [1.54, 1.807) is 12.1 Å². The molecule has 0 aliphatic rings. The molecular weight excluding hydrogens is 319 g/mol. The zero-order valence-corrected chi connectivity index (χ0v) is 13.2. The second-order valence-corrected chi connectivity index (χ2v) is 5.14. The highest BCUT2D eigenvalue weighted by atomic mass is 19.1. The van der Waals surface area contributed by atoms with Gasteiger partial charge in [-0.1, -0.05) is 18.2 Å². The fourth-order valence-corrected chi connectivity index (χ4v) is 2.22. The molecule has 0 spiro atoms. The quantitative estimate of drug-likeness (QED) is 0.746. The zero-order valence-electron chi connectivity index (χ0n) is 13.2. The molecule has 0 fully saturated rings. The second kappa shape index (κ2) is 7.35. The average Bonchev–Trinajstić information content (AvgIpc) is 2.63. The van der Waals surface area contributed by atoms with Gasteiger partial charge in [-0.25, -0.2) is 14.1 Å². The van der Waals surface area contributed by atoms with E-state index in [0.29, 0.717) is 17.1 Å². The van der Waals surface area contributed by atoms with Crippen molar-refractivity contribution >= 4 is 11.4 Å². The van der Waals surface area contributed by atoms with Crippen LogP contribution in [0.4, 0.5) is 10.1 Å². The van der Waals surface area contributed by atoms with Gasteiger partial charge in [-0.3, -0.25) is 4.79 Å². The standard InChI is InChI=1S/C19H15FN4O/c20-14-6-8-16(9-7-14)24-13-11-18(25)19(23-24)17(10-12-21)22-15-4-2-1-3-5-15/h1-13H,21H2. The molecule has 0 amide bonds. The smallest absolute Gasteiger partial charge is 0.209 e. The van der Waals surface area contributed by atoms with Gasteiger partial charge < -0.3 is 5.73 Å². The van der Waals surface area contributed by atoms with Crippen LogP contribution in [0.1, 0.15) is 5.69 Å². The molecule has 0 atom stereocenters. The molecule has 0 aliphatic heterocycles. The number of rotatable bonds is 4. The monoisotopic (exact) mass is 334 g/mol. The van der Waals surface area contributed by atoms with Gasteiger partial charge in [0.2, 0.25) is 5.43 Å². The summed E-state index contributed by atoms with van der Waals surface area (Å²) in [6.45, 7) is 0. The van der Waals surface area contributed by atoms with Gasteiger partial charge >= 0.3 is 0 Å². The van der Waals surface area contributed by atoms with E-state index in [2.05, 4.69) is 10.1 Å². The Labute approximate surface area is 143 Å². The number of nitrogens with two attached hydrogens (primary N) is 1. The maximum Gasteiger partial charge on any atom is 0.209 e. The summed E-state index contributed by atoms with van der Waals surface area (Å²) in [5.74, 6) is -0.345. The molecular formula is C19H15FN4O. The molecule has 5 nitrogen and oxygen atoms in total. The van der Waals surface area contributed by atoms with Crippen LogP contribution in [0.15, 0.2) is 88.9 Å². The summed E-state index contributed by atoms with van der Waals surface area (Å²) in [5, 5.41) is 4.33. The zero-order chi connectivity index (χ0) is 17.6. The predicted molar refractivity (Wildman–Crippen MR) is 95.8 cm³/mol. The highest BCUT2D eigenvalue weighted by molar-refractivity contribution is 6.08. The van der Waals surface area contributed by atoms with Crippen LogP contribution < -0.4 is 11.2 Å². The van der Waals surface area contributed by atoms with E-state index < -0.39 is 0 Å². The van der Waals surface area contributed by atoms with Crippen molar-refractivity contribution in [1.29, 1.82) is 0 Å². The minimum absolute atomic E-state index is 0.150. The number of hydrogen-bond donors (Lipinski definition) is 1. The highest BCUT2D eigenvalue weighted by Gasteiger charge is 2.10. The van der Waals surface area contributed by atoms with Crippen LogP contribution in [-0.4, -0.2) is 15.5 Å². The van der Waals surface area contributed by atoms with E-state index in [-0.39, 0.29) is 16.9 Å². The van der Waals surface area contributed by atoms with Crippen LogP contribution in [0.2, 0.25) is 0 Å². The van der Waals surface area contributed by atoms with Crippen molar-refractivity contribution in [3.05, 3.63) is 101 Å². The number of hydrogen-bond acceptors (Lipinski definition) is 4. The molecule has 124 valence electrons. The Hall–Kier alpha value is -3.54. The number of benzene rings is 2. The molecule has 2 N–H and O–H groups in total. The van der Waals surface area contributed by atoms with Gasteiger partial charge in [0.15, 0.2) is 5.69 Å². The van der Waals surface area contributed by atoms with E-state index in [4.69, 9.17) is 5.73 Å². The van der Waals surface area contributed by atoms with Crippen LogP contribution in [-0.2, 0) is 0 Å². The van der Waals surface area contributed by atoms with Gasteiger partial charge in [-0.2, -0.15) is 5.10 Å². The molecule has 0 saturated carbocycles. The molecule has 1 heterocycles. The second-order valence-electron chi connectivity index (χ2n) is 5.14. The van der Waals surface area contributed by atoms with Crippen LogP contribution in [0.5, 0.6) is 0 Å². The van der Waals surface area contributed by atoms with Gasteiger partial charge in [-0.05, 0) is 48.7 Å². The maximum atomic E-state index is 13.1. The van der Waals surface area contributed by atoms with Gasteiger partial charge in [0.1, 0.15) is 5.82 Å².